The van der Waals surface area contributed by atoms with Crippen molar-refractivity contribution in [1.82, 2.24) is 34.3 Å². The Hall–Kier alpha value is -3.09. The molecule has 5 heterocycles. The van der Waals surface area contributed by atoms with Crippen LogP contribution in [-0.4, -0.2) is 88.3 Å². The van der Waals surface area contributed by atoms with Gasteiger partial charge in [0.1, 0.15) is 0 Å². The van der Waals surface area contributed by atoms with Crippen molar-refractivity contribution in [2.24, 2.45) is 0 Å². The molecule has 2 aliphatic rings. The average Bonchev–Trinajstić information content (AvgIpc) is 3.51. The summed E-state index contributed by atoms with van der Waals surface area (Å²) < 4.78 is 32.9. The fraction of sp³-hybridized carbons (Fsp3) is 0.455. The van der Waals surface area contributed by atoms with Crippen LogP contribution in [0.2, 0.25) is 0 Å². The van der Waals surface area contributed by atoms with Crippen molar-refractivity contribution in [3.63, 3.8) is 0 Å². The van der Waals surface area contributed by atoms with Crippen LogP contribution in [0.1, 0.15) is 18.9 Å². The molecule has 0 atom stereocenters. The van der Waals surface area contributed by atoms with Crippen molar-refractivity contribution >= 4 is 37.9 Å². The number of hydrogen-bond acceptors (Lipinski definition) is 8. The van der Waals surface area contributed by atoms with Crippen molar-refractivity contribution < 1.29 is 13.2 Å². The van der Waals surface area contributed by atoms with E-state index < -0.39 is 10.0 Å². The molecular weight excluding hydrogens is 456 g/mol. The zero-order valence-electron chi connectivity index (χ0n) is 18.9. The molecule has 12 heteroatoms. The molecule has 2 saturated heterocycles. The molecule has 3 aromatic heterocycles. The van der Waals surface area contributed by atoms with Gasteiger partial charge >= 0.3 is 0 Å². The van der Waals surface area contributed by atoms with Gasteiger partial charge in [-0.3, -0.25) is 5.10 Å². The number of piperidine rings is 1. The highest BCUT2D eigenvalue weighted by molar-refractivity contribution is 7.88. The molecule has 0 amide bonds. The molecule has 0 bridgehead atoms. The molecule has 0 saturated carbocycles. The van der Waals surface area contributed by atoms with Crippen molar-refractivity contribution in [3.05, 3.63) is 30.6 Å². The molecule has 2 aliphatic heterocycles. The van der Waals surface area contributed by atoms with E-state index in [1.54, 1.807) is 0 Å². The predicted molar refractivity (Wildman–Crippen MR) is 128 cm³/mol. The molecule has 178 valence electrons. The summed E-state index contributed by atoms with van der Waals surface area (Å²) in [6, 6.07) is 6.10. The van der Waals surface area contributed by atoms with Gasteiger partial charge in [-0.1, -0.05) is 12.1 Å². The SMILES string of the molecule is CS(=O)(=O)N1CCC(n2ncc3c(-c4cccc5[nH]ncc45)nc(N4CCOCC4)nc32)CC1. The Morgan fingerprint density at radius 3 is 2.59 bits per heavy atom. The van der Waals surface area contributed by atoms with Crippen LogP contribution in [-0.2, 0) is 14.8 Å². The van der Waals surface area contributed by atoms with Crippen LogP contribution in [0.3, 0.4) is 0 Å². The normalized spacial score (nSPS) is 18.8. The standard InChI is InChI=1S/C22H26N8O3S/c1-34(31,32)29-7-5-15(6-8-29)30-21-18(14-24-30)20(16-3-2-4-19-17(16)13-23-27-19)25-22(26-21)28-9-11-33-12-10-28/h2-4,13-15H,5-12H2,1H3,(H,23,27). The lowest BCUT2D eigenvalue weighted by molar-refractivity contribution is 0.122. The highest BCUT2D eigenvalue weighted by Crippen LogP contribution is 2.35. The molecule has 1 aromatic carbocycles. The van der Waals surface area contributed by atoms with Crippen molar-refractivity contribution in [2.45, 2.75) is 18.9 Å². The Labute approximate surface area is 196 Å². The lowest BCUT2D eigenvalue weighted by Gasteiger charge is -2.30. The van der Waals surface area contributed by atoms with Crippen LogP contribution in [0.5, 0.6) is 0 Å². The average molecular weight is 483 g/mol. The number of sulfonamides is 1. The van der Waals surface area contributed by atoms with Crippen LogP contribution >= 0.6 is 0 Å². The highest BCUT2D eigenvalue weighted by Gasteiger charge is 2.29. The maximum atomic E-state index is 12.0. The summed E-state index contributed by atoms with van der Waals surface area (Å²) in [7, 11) is -3.19. The van der Waals surface area contributed by atoms with Gasteiger partial charge in [0.05, 0.1) is 54.5 Å². The van der Waals surface area contributed by atoms with Crippen LogP contribution in [0.25, 0.3) is 33.2 Å². The minimum atomic E-state index is -3.19. The highest BCUT2D eigenvalue weighted by atomic mass is 32.2. The summed E-state index contributed by atoms with van der Waals surface area (Å²) in [5, 5.41) is 13.8. The third-order valence-electron chi connectivity index (χ3n) is 6.71. The molecule has 0 aliphatic carbocycles. The summed E-state index contributed by atoms with van der Waals surface area (Å²) in [6.07, 6.45) is 6.29. The van der Waals surface area contributed by atoms with Gasteiger partial charge in [0, 0.05) is 37.1 Å². The van der Waals surface area contributed by atoms with Crippen LogP contribution in [0, 0.1) is 0 Å². The van der Waals surface area contributed by atoms with Gasteiger partial charge in [-0.25, -0.2) is 22.4 Å². The number of nitrogens with zero attached hydrogens (tertiary/aromatic N) is 7. The minimum absolute atomic E-state index is 0.0699. The number of nitrogens with one attached hydrogen (secondary N) is 1. The van der Waals surface area contributed by atoms with Crippen LogP contribution in [0.15, 0.2) is 30.6 Å². The number of fused-ring (bicyclic) bond motifs is 2. The third kappa shape index (κ3) is 3.71. The molecule has 0 unspecified atom stereocenters. The molecule has 34 heavy (non-hydrogen) atoms. The lowest BCUT2D eigenvalue weighted by Crippen LogP contribution is -2.38. The van der Waals surface area contributed by atoms with Crippen LogP contribution < -0.4 is 4.90 Å². The fourth-order valence-electron chi connectivity index (χ4n) is 4.88. The van der Waals surface area contributed by atoms with E-state index in [1.165, 1.54) is 10.6 Å². The van der Waals surface area contributed by atoms with E-state index in [4.69, 9.17) is 19.8 Å². The summed E-state index contributed by atoms with van der Waals surface area (Å²) in [5.41, 5.74) is 3.50. The predicted octanol–water partition coefficient (Wildman–Crippen LogP) is 1.80. The monoisotopic (exact) mass is 482 g/mol. The minimum Gasteiger partial charge on any atom is -0.378 e. The number of hydrogen-bond donors (Lipinski definition) is 1. The Morgan fingerprint density at radius 2 is 1.82 bits per heavy atom. The van der Waals surface area contributed by atoms with Gasteiger partial charge in [0.15, 0.2) is 5.65 Å². The zero-order chi connectivity index (χ0) is 23.3. The van der Waals surface area contributed by atoms with E-state index >= 15 is 0 Å². The van der Waals surface area contributed by atoms with E-state index in [-0.39, 0.29) is 6.04 Å². The second-order valence-electron chi connectivity index (χ2n) is 8.83. The van der Waals surface area contributed by atoms with Crippen molar-refractivity contribution in [2.75, 3.05) is 50.5 Å². The molecule has 4 aromatic rings. The molecule has 1 N–H and O–H groups in total. The van der Waals surface area contributed by atoms with E-state index in [9.17, 15) is 8.42 Å². The molecular formula is C22H26N8O3S. The van der Waals surface area contributed by atoms with E-state index in [1.807, 2.05) is 35.3 Å². The number of H-pyrrole nitrogens is 1. The summed E-state index contributed by atoms with van der Waals surface area (Å²) in [4.78, 5) is 12.1. The number of benzene rings is 1. The number of aromatic nitrogens is 6. The zero-order valence-corrected chi connectivity index (χ0v) is 19.7. The fourth-order valence-corrected chi connectivity index (χ4v) is 5.76. The topological polar surface area (TPSA) is 122 Å². The van der Waals surface area contributed by atoms with Gasteiger partial charge in [0.25, 0.3) is 0 Å². The van der Waals surface area contributed by atoms with Gasteiger partial charge in [-0.05, 0) is 18.9 Å². The van der Waals surface area contributed by atoms with Gasteiger partial charge in [-0.15, -0.1) is 0 Å². The summed E-state index contributed by atoms with van der Waals surface area (Å²) in [6.45, 7) is 3.68. The smallest absolute Gasteiger partial charge is 0.228 e. The molecule has 11 nitrogen and oxygen atoms in total. The number of aromatic amines is 1. The van der Waals surface area contributed by atoms with Gasteiger partial charge in [-0.2, -0.15) is 15.2 Å². The molecule has 0 spiro atoms. The second kappa shape index (κ2) is 8.29. The van der Waals surface area contributed by atoms with E-state index in [2.05, 4.69) is 15.1 Å². The Kier molecular flexibility index (Phi) is 5.23. The number of anilines is 1. The number of morpholine rings is 1. The maximum absolute atomic E-state index is 12.0. The number of ether oxygens (including phenoxy) is 1. The quantitative estimate of drug-likeness (QED) is 0.467. The van der Waals surface area contributed by atoms with Crippen molar-refractivity contribution in [3.8, 4) is 11.3 Å². The van der Waals surface area contributed by atoms with Crippen LogP contribution in [0.4, 0.5) is 5.95 Å². The first-order valence-electron chi connectivity index (χ1n) is 11.4. The lowest BCUT2D eigenvalue weighted by atomic mass is 10.0. The maximum Gasteiger partial charge on any atom is 0.228 e. The molecule has 6 rings (SSSR count). The largest absolute Gasteiger partial charge is 0.378 e. The van der Waals surface area contributed by atoms with E-state index in [0.717, 1.165) is 46.3 Å². The molecule has 2 fully saturated rings. The first-order chi connectivity index (χ1) is 16.5. The van der Waals surface area contributed by atoms with Gasteiger partial charge < -0.3 is 9.64 Å². The Balaban J connectivity index is 1.47. The Morgan fingerprint density at radius 1 is 1.03 bits per heavy atom. The van der Waals surface area contributed by atoms with E-state index in [0.29, 0.717) is 45.1 Å². The Bertz CT molecular complexity index is 1450. The summed E-state index contributed by atoms with van der Waals surface area (Å²) >= 11 is 0. The first kappa shape index (κ1) is 21.4. The molecule has 0 radical (unpaired) electrons. The van der Waals surface area contributed by atoms with Gasteiger partial charge in [0.2, 0.25) is 16.0 Å². The second-order valence-corrected chi connectivity index (χ2v) is 10.8. The first-order valence-corrected chi connectivity index (χ1v) is 13.3. The summed E-state index contributed by atoms with van der Waals surface area (Å²) in [5.74, 6) is 0.654. The number of rotatable bonds is 4. The third-order valence-corrected chi connectivity index (χ3v) is 8.02. The van der Waals surface area contributed by atoms with Crippen molar-refractivity contribution in [1.29, 1.82) is 0 Å².